The van der Waals surface area contributed by atoms with Gasteiger partial charge in [0, 0.05) is 17.5 Å². The van der Waals surface area contributed by atoms with Gasteiger partial charge in [0.15, 0.2) is 0 Å². The Bertz CT molecular complexity index is 426. The molecule has 2 atom stereocenters. The standard InChI is InChI=1S/C17H24BrFO2/c1-2-21-17(13-6-4-3-5-7-13)16(20)10-12-8-14(18)11-15(19)9-12/h8-9,11,13,16-17,20H,2-7,10H2,1H3. The third-order valence-electron chi connectivity index (χ3n) is 4.22. The first kappa shape index (κ1) is 16.9. The summed E-state index contributed by atoms with van der Waals surface area (Å²) in [5.74, 6) is 0.142. The van der Waals surface area contributed by atoms with Crippen LogP contribution in [0.4, 0.5) is 4.39 Å². The van der Waals surface area contributed by atoms with E-state index in [0.29, 0.717) is 23.4 Å². The molecule has 0 spiro atoms. The zero-order chi connectivity index (χ0) is 15.2. The SMILES string of the molecule is CCOC(C(O)Cc1cc(F)cc(Br)c1)C1CCCCC1. The van der Waals surface area contributed by atoms with Crippen LogP contribution in [0.15, 0.2) is 22.7 Å². The molecule has 1 aromatic rings. The van der Waals surface area contributed by atoms with Gasteiger partial charge in [0.25, 0.3) is 0 Å². The molecule has 1 aliphatic carbocycles. The maximum atomic E-state index is 13.4. The molecule has 21 heavy (non-hydrogen) atoms. The van der Waals surface area contributed by atoms with Gasteiger partial charge in [0.05, 0.1) is 12.2 Å². The first-order valence-corrected chi connectivity index (χ1v) is 8.64. The van der Waals surface area contributed by atoms with Crippen molar-refractivity contribution in [2.24, 2.45) is 5.92 Å². The number of aliphatic hydroxyl groups is 1. The molecule has 1 fully saturated rings. The van der Waals surface area contributed by atoms with Crippen LogP contribution in [0.2, 0.25) is 0 Å². The van der Waals surface area contributed by atoms with Crippen molar-refractivity contribution in [3.05, 3.63) is 34.1 Å². The van der Waals surface area contributed by atoms with Gasteiger partial charge >= 0.3 is 0 Å². The van der Waals surface area contributed by atoms with Crippen LogP contribution in [0, 0.1) is 11.7 Å². The van der Waals surface area contributed by atoms with Gasteiger partial charge in [-0.3, -0.25) is 0 Å². The van der Waals surface area contributed by atoms with E-state index in [4.69, 9.17) is 4.74 Å². The Morgan fingerprint density at radius 1 is 1.29 bits per heavy atom. The van der Waals surface area contributed by atoms with Gasteiger partial charge in [-0.2, -0.15) is 0 Å². The molecule has 0 amide bonds. The molecule has 2 rings (SSSR count). The summed E-state index contributed by atoms with van der Waals surface area (Å²) in [5, 5.41) is 10.6. The highest BCUT2D eigenvalue weighted by molar-refractivity contribution is 9.10. The molecular formula is C17H24BrFO2. The molecular weight excluding hydrogens is 335 g/mol. The number of aliphatic hydroxyl groups excluding tert-OH is 1. The van der Waals surface area contributed by atoms with Crippen molar-refractivity contribution in [2.75, 3.05) is 6.61 Å². The number of hydrogen-bond donors (Lipinski definition) is 1. The molecule has 0 aromatic heterocycles. The van der Waals surface area contributed by atoms with Crippen molar-refractivity contribution < 1.29 is 14.2 Å². The lowest BCUT2D eigenvalue weighted by molar-refractivity contribution is -0.0715. The lowest BCUT2D eigenvalue weighted by atomic mass is 9.82. The molecule has 0 aliphatic heterocycles. The smallest absolute Gasteiger partial charge is 0.124 e. The van der Waals surface area contributed by atoms with Crippen LogP contribution in [0.25, 0.3) is 0 Å². The topological polar surface area (TPSA) is 29.5 Å². The summed E-state index contributed by atoms with van der Waals surface area (Å²) in [5.41, 5.74) is 0.801. The quantitative estimate of drug-likeness (QED) is 0.812. The predicted molar refractivity (Wildman–Crippen MR) is 85.8 cm³/mol. The number of benzene rings is 1. The minimum absolute atomic E-state index is 0.141. The van der Waals surface area contributed by atoms with E-state index in [2.05, 4.69) is 15.9 Å². The molecule has 0 radical (unpaired) electrons. The molecule has 1 N–H and O–H groups in total. The minimum Gasteiger partial charge on any atom is -0.390 e. The summed E-state index contributed by atoms with van der Waals surface area (Å²) >= 11 is 3.29. The van der Waals surface area contributed by atoms with Crippen molar-refractivity contribution in [3.8, 4) is 0 Å². The first-order valence-electron chi connectivity index (χ1n) is 7.84. The third-order valence-corrected chi connectivity index (χ3v) is 4.68. The van der Waals surface area contributed by atoms with Crippen LogP contribution in [0.3, 0.4) is 0 Å². The minimum atomic E-state index is -0.582. The van der Waals surface area contributed by atoms with Gasteiger partial charge in [0.1, 0.15) is 5.82 Å². The maximum Gasteiger partial charge on any atom is 0.124 e. The Kier molecular flexibility index (Phi) is 6.65. The Morgan fingerprint density at radius 3 is 2.62 bits per heavy atom. The summed E-state index contributed by atoms with van der Waals surface area (Å²) in [4.78, 5) is 0. The van der Waals surface area contributed by atoms with E-state index in [1.807, 2.05) is 13.0 Å². The van der Waals surface area contributed by atoms with Crippen molar-refractivity contribution in [1.29, 1.82) is 0 Å². The molecule has 2 unspecified atom stereocenters. The summed E-state index contributed by atoms with van der Waals surface area (Å²) in [6, 6.07) is 4.77. The molecule has 0 bridgehead atoms. The Hall–Kier alpha value is -0.450. The highest BCUT2D eigenvalue weighted by Crippen LogP contribution is 2.30. The molecule has 118 valence electrons. The molecule has 0 saturated heterocycles. The zero-order valence-corrected chi connectivity index (χ0v) is 14.1. The van der Waals surface area contributed by atoms with Crippen molar-refractivity contribution in [1.82, 2.24) is 0 Å². The number of rotatable bonds is 6. The molecule has 0 heterocycles. The van der Waals surface area contributed by atoms with E-state index in [-0.39, 0.29) is 11.9 Å². The van der Waals surface area contributed by atoms with E-state index >= 15 is 0 Å². The highest BCUT2D eigenvalue weighted by atomic mass is 79.9. The largest absolute Gasteiger partial charge is 0.390 e. The van der Waals surface area contributed by atoms with Gasteiger partial charge in [0.2, 0.25) is 0 Å². The van der Waals surface area contributed by atoms with Crippen LogP contribution < -0.4 is 0 Å². The number of halogens is 2. The van der Waals surface area contributed by atoms with Gasteiger partial charge in [-0.05, 0) is 49.4 Å². The van der Waals surface area contributed by atoms with Gasteiger partial charge in [-0.1, -0.05) is 35.2 Å². The highest BCUT2D eigenvalue weighted by Gasteiger charge is 2.30. The van der Waals surface area contributed by atoms with Gasteiger partial charge in [-0.25, -0.2) is 4.39 Å². The Balaban J connectivity index is 2.04. The second-order valence-corrected chi connectivity index (χ2v) is 6.78. The monoisotopic (exact) mass is 358 g/mol. The van der Waals surface area contributed by atoms with Crippen LogP contribution in [-0.2, 0) is 11.2 Å². The van der Waals surface area contributed by atoms with Crippen molar-refractivity contribution in [2.45, 2.75) is 57.7 Å². The first-order chi connectivity index (χ1) is 10.1. The fourth-order valence-corrected chi connectivity index (χ4v) is 3.82. The summed E-state index contributed by atoms with van der Waals surface area (Å²) in [6.45, 7) is 2.56. The summed E-state index contributed by atoms with van der Waals surface area (Å²) < 4.78 is 20.0. The van der Waals surface area contributed by atoms with E-state index in [1.165, 1.54) is 31.4 Å². The van der Waals surface area contributed by atoms with E-state index in [0.717, 1.165) is 18.4 Å². The van der Waals surface area contributed by atoms with Crippen molar-refractivity contribution in [3.63, 3.8) is 0 Å². The van der Waals surface area contributed by atoms with Crippen LogP contribution >= 0.6 is 15.9 Å². The molecule has 1 aromatic carbocycles. The van der Waals surface area contributed by atoms with Crippen LogP contribution in [-0.4, -0.2) is 23.9 Å². The Labute approximate surface area is 134 Å². The number of ether oxygens (including phenoxy) is 1. The fraction of sp³-hybridized carbons (Fsp3) is 0.647. The van der Waals surface area contributed by atoms with E-state index in [1.54, 1.807) is 0 Å². The van der Waals surface area contributed by atoms with Gasteiger partial charge < -0.3 is 9.84 Å². The maximum absolute atomic E-state index is 13.4. The van der Waals surface area contributed by atoms with Crippen LogP contribution in [0.5, 0.6) is 0 Å². The van der Waals surface area contributed by atoms with Crippen LogP contribution in [0.1, 0.15) is 44.6 Å². The second-order valence-electron chi connectivity index (χ2n) is 5.87. The summed E-state index contributed by atoms with van der Waals surface area (Å²) in [6.07, 6.45) is 5.65. The fourth-order valence-electron chi connectivity index (χ4n) is 3.30. The van der Waals surface area contributed by atoms with E-state index in [9.17, 15) is 9.50 Å². The summed E-state index contributed by atoms with van der Waals surface area (Å²) in [7, 11) is 0. The third kappa shape index (κ3) is 5.04. The predicted octanol–water partition coefficient (Wildman–Crippen LogP) is 4.48. The molecule has 1 aliphatic rings. The average molecular weight is 359 g/mol. The molecule has 1 saturated carbocycles. The number of hydrogen-bond acceptors (Lipinski definition) is 2. The zero-order valence-electron chi connectivity index (χ0n) is 12.5. The molecule has 4 heteroatoms. The normalized spacial score (nSPS) is 19.4. The second kappa shape index (κ2) is 8.25. The van der Waals surface area contributed by atoms with E-state index < -0.39 is 6.10 Å². The Morgan fingerprint density at radius 2 is 2.00 bits per heavy atom. The molecule has 2 nitrogen and oxygen atoms in total. The van der Waals surface area contributed by atoms with Gasteiger partial charge in [-0.15, -0.1) is 0 Å². The lowest BCUT2D eigenvalue weighted by Crippen LogP contribution is -2.38. The van der Waals surface area contributed by atoms with Crippen molar-refractivity contribution >= 4 is 15.9 Å². The average Bonchev–Trinajstić information content (AvgIpc) is 2.44. The lowest BCUT2D eigenvalue weighted by Gasteiger charge is -2.33.